The predicted molar refractivity (Wildman–Crippen MR) is 243 cm³/mol. The Bertz CT molecular complexity index is 1080. The largest absolute Gasteiger partial charge is 0.480 e. The summed E-state index contributed by atoms with van der Waals surface area (Å²) in [5.74, 6) is -1.25. The van der Waals surface area contributed by atoms with Gasteiger partial charge in [0.1, 0.15) is 12.1 Å². The highest BCUT2D eigenvalue weighted by Crippen LogP contribution is 2.19. The van der Waals surface area contributed by atoms with E-state index in [4.69, 9.17) is 10.5 Å². The van der Waals surface area contributed by atoms with Crippen LogP contribution in [0.2, 0.25) is 0 Å². The fourth-order valence-electron chi connectivity index (χ4n) is 6.83. The number of allylic oxidation sites excluding steroid dienone is 10. The van der Waals surface area contributed by atoms with Crippen molar-refractivity contribution in [1.29, 1.82) is 0 Å². The highest BCUT2D eigenvalue weighted by Gasteiger charge is 2.19. The van der Waals surface area contributed by atoms with E-state index >= 15 is 0 Å². The van der Waals surface area contributed by atoms with E-state index < -0.39 is 12.0 Å². The SMILES string of the molecule is CC/C=C\C/C=C\C/C=C\C/C=C\C/C=C\CCCCCCCC(=O)OC(CCCCCCCCCCCC)CCCCCCCC(=O)NC(CCCN)C(=O)O. The van der Waals surface area contributed by atoms with Crippen molar-refractivity contribution in [3.63, 3.8) is 0 Å². The third-order valence-corrected chi connectivity index (χ3v) is 10.3. The fraction of sp³-hybridized carbons (Fsp3) is 0.740. The van der Waals surface area contributed by atoms with Gasteiger partial charge < -0.3 is 20.9 Å². The highest BCUT2D eigenvalue weighted by atomic mass is 16.5. The minimum absolute atomic E-state index is 0.00210. The normalized spacial score (nSPS) is 13.2. The lowest BCUT2D eigenvalue weighted by Gasteiger charge is -2.18. The first-order valence-corrected chi connectivity index (χ1v) is 23.6. The molecule has 0 aliphatic carbocycles. The van der Waals surface area contributed by atoms with Crippen LogP contribution in [0.15, 0.2) is 60.8 Å². The number of aliphatic carboxylic acids is 1. The third-order valence-electron chi connectivity index (χ3n) is 10.3. The zero-order valence-electron chi connectivity index (χ0n) is 36.9. The molecule has 0 bridgehead atoms. The molecule has 0 aromatic rings. The molecule has 0 radical (unpaired) electrons. The molecular weight excluding hydrogens is 709 g/mol. The van der Waals surface area contributed by atoms with Crippen LogP contribution in [0.25, 0.3) is 0 Å². The maximum atomic E-state index is 12.8. The van der Waals surface area contributed by atoms with Crippen LogP contribution in [0.5, 0.6) is 0 Å². The summed E-state index contributed by atoms with van der Waals surface area (Å²) in [4.78, 5) is 36.4. The number of hydrogen-bond donors (Lipinski definition) is 3. The first-order chi connectivity index (χ1) is 27.9. The molecule has 0 spiro atoms. The average molecular weight is 797 g/mol. The summed E-state index contributed by atoms with van der Waals surface area (Å²) < 4.78 is 6.05. The van der Waals surface area contributed by atoms with Crippen LogP contribution in [0, 0.1) is 0 Å². The van der Waals surface area contributed by atoms with Crippen molar-refractivity contribution in [2.75, 3.05) is 6.54 Å². The molecule has 0 heterocycles. The monoisotopic (exact) mass is 797 g/mol. The van der Waals surface area contributed by atoms with Gasteiger partial charge in [-0.3, -0.25) is 9.59 Å². The van der Waals surface area contributed by atoms with Crippen LogP contribution in [0.1, 0.15) is 219 Å². The van der Waals surface area contributed by atoms with Crippen molar-refractivity contribution in [1.82, 2.24) is 5.32 Å². The molecule has 57 heavy (non-hydrogen) atoms. The summed E-state index contributed by atoms with van der Waals surface area (Å²) >= 11 is 0. The van der Waals surface area contributed by atoms with Crippen molar-refractivity contribution in [2.24, 2.45) is 5.73 Å². The lowest BCUT2D eigenvalue weighted by molar-refractivity contribution is -0.150. The molecule has 0 rings (SSSR count). The molecule has 0 aliphatic heterocycles. The molecule has 0 aromatic heterocycles. The van der Waals surface area contributed by atoms with Crippen molar-refractivity contribution in [3.05, 3.63) is 60.8 Å². The van der Waals surface area contributed by atoms with Gasteiger partial charge in [-0.1, -0.05) is 171 Å². The molecule has 1 amide bonds. The Morgan fingerprint density at radius 3 is 1.46 bits per heavy atom. The topological polar surface area (TPSA) is 119 Å². The second-order valence-corrected chi connectivity index (χ2v) is 15.8. The minimum Gasteiger partial charge on any atom is -0.480 e. The Morgan fingerprint density at radius 2 is 0.965 bits per heavy atom. The summed E-state index contributed by atoms with van der Waals surface area (Å²) in [6.45, 7) is 4.83. The maximum Gasteiger partial charge on any atom is 0.326 e. The Hall–Kier alpha value is -2.93. The lowest BCUT2D eigenvalue weighted by atomic mass is 10.0. The molecule has 0 aliphatic rings. The first kappa shape index (κ1) is 54.1. The van der Waals surface area contributed by atoms with Crippen LogP contribution in [-0.2, 0) is 19.1 Å². The van der Waals surface area contributed by atoms with E-state index in [1.165, 1.54) is 70.6 Å². The quantitative estimate of drug-likeness (QED) is 0.0321. The number of carboxylic acid groups (broad SMARTS) is 1. The average Bonchev–Trinajstić information content (AvgIpc) is 3.20. The number of nitrogens with two attached hydrogens (primary N) is 1. The molecule has 0 saturated heterocycles. The van der Waals surface area contributed by atoms with Crippen molar-refractivity contribution >= 4 is 17.8 Å². The third kappa shape index (κ3) is 41.0. The molecule has 328 valence electrons. The van der Waals surface area contributed by atoms with E-state index in [1.54, 1.807) is 0 Å². The lowest BCUT2D eigenvalue weighted by Crippen LogP contribution is -2.40. The Balaban J connectivity index is 4.27. The van der Waals surface area contributed by atoms with E-state index in [0.29, 0.717) is 32.2 Å². The minimum atomic E-state index is -1.01. The number of unbranched alkanes of at least 4 members (excludes halogenated alkanes) is 18. The zero-order chi connectivity index (χ0) is 41.7. The maximum absolute atomic E-state index is 12.8. The fourth-order valence-corrected chi connectivity index (χ4v) is 6.83. The van der Waals surface area contributed by atoms with Gasteiger partial charge in [-0.15, -0.1) is 0 Å². The molecule has 2 atom stereocenters. The van der Waals surface area contributed by atoms with Crippen molar-refractivity contribution in [3.8, 4) is 0 Å². The van der Waals surface area contributed by atoms with Gasteiger partial charge in [0.2, 0.25) is 5.91 Å². The second kappa shape index (κ2) is 44.2. The smallest absolute Gasteiger partial charge is 0.326 e. The van der Waals surface area contributed by atoms with E-state index in [-0.39, 0.29) is 18.0 Å². The number of amides is 1. The van der Waals surface area contributed by atoms with Crippen LogP contribution in [0.3, 0.4) is 0 Å². The summed E-state index contributed by atoms with van der Waals surface area (Å²) in [7, 11) is 0. The highest BCUT2D eigenvalue weighted by molar-refractivity contribution is 5.83. The number of carboxylic acids is 1. The number of rotatable bonds is 42. The Morgan fingerprint density at radius 1 is 0.526 bits per heavy atom. The number of hydrogen-bond acceptors (Lipinski definition) is 5. The number of nitrogens with one attached hydrogen (secondary N) is 1. The van der Waals surface area contributed by atoms with Gasteiger partial charge in [-0.05, 0) is 103 Å². The summed E-state index contributed by atoms with van der Waals surface area (Å²) in [5, 5.41) is 11.9. The number of ether oxygens (including phenoxy) is 1. The Labute approximate surface area is 350 Å². The molecule has 0 fully saturated rings. The zero-order valence-corrected chi connectivity index (χ0v) is 36.9. The van der Waals surface area contributed by atoms with Gasteiger partial charge in [0.25, 0.3) is 0 Å². The predicted octanol–water partition coefficient (Wildman–Crippen LogP) is 13.7. The molecule has 7 nitrogen and oxygen atoms in total. The van der Waals surface area contributed by atoms with Crippen LogP contribution < -0.4 is 11.1 Å². The summed E-state index contributed by atoms with van der Waals surface area (Å²) in [6.07, 6.45) is 55.5. The van der Waals surface area contributed by atoms with Crippen LogP contribution in [-0.4, -0.2) is 41.6 Å². The van der Waals surface area contributed by atoms with Crippen molar-refractivity contribution in [2.45, 2.75) is 231 Å². The van der Waals surface area contributed by atoms with Gasteiger partial charge >= 0.3 is 11.9 Å². The van der Waals surface area contributed by atoms with E-state index in [0.717, 1.165) is 109 Å². The molecule has 4 N–H and O–H groups in total. The van der Waals surface area contributed by atoms with Crippen molar-refractivity contribution < 1.29 is 24.2 Å². The standard InChI is InChI=1S/C50H88N2O5/c1-3-5-7-9-11-13-15-16-17-18-19-20-21-22-23-24-25-27-29-34-38-44-49(54)57-46(40-35-31-28-26-14-12-10-8-6-4-2)41-36-32-30-33-37-43-48(53)52-47(50(55)56)42-39-45-51/h5,7,11,13,16-17,19-20,22-23,46-47H,3-4,6,8-10,12,14-15,18,21,24-45,51H2,1-2H3,(H,52,53)(H,55,56)/b7-5-,13-11-,17-16-,20-19-,23-22-. The van der Waals surface area contributed by atoms with Gasteiger partial charge in [-0.2, -0.15) is 0 Å². The summed E-state index contributed by atoms with van der Waals surface area (Å²) in [5.41, 5.74) is 5.49. The first-order valence-electron chi connectivity index (χ1n) is 23.6. The van der Waals surface area contributed by atoms with E-state index in [2.05, 4.69) is 79.9 Å². The van der Waals surface area contributed by atoms with Gasteiger partial charge in [0.15, 0.2) is 0 Å². The summed E-state index contributed by atoms with van der Waals surface area (Å²) in [6, 6.07) is -0.859. The van der Waals surface area contributed by atoms with Crippen LogP contribution >= 0.6 is 0 Å². The van der Waals surface area contributed by atoms with Gasteiger partial charge in [-0.25, -0.2) is 4.79 Å². The molecule has 7 heteroatoms. The number of carbonyl (C=O) groups excluding carboxylic acids is 2. The Kier molecular flexibility index (Phi) is 41.9. The van der Waals surface area contributed by atoms with Gasteiger partial charge in [0.05, 0.1) is 0 Å². The molecule has 2 unspecified atom stereocenters. The van der Waals surface area contributed by atoms with E-state index in [9.17, 15) is 19.5 Å². The van der Waals surface area contributed by atoms with E-state index in [1.807, 2.05) is 0 Å². The second-order valence-electron chi connectivity index (χ2n) is 15.8. The van der Waals surface area contributed by atoms with Crippen LogP contribution in [0.4, 0.5) is 0 Å². The molecule has 0 aromatic carbocycles. The van der Waals surface area contributed by atoms with Gasteiger partial charge in [0, 0.05) is 12.8 Å². The molecular formula is C50H88N2O5. The number of esters is 1. The number of carbonyl (C=O) groups is 3. The molecule has 0 saturated carbocycles.